The zero-order valence-corrected chi connectivity index (χ0v) is 14.1. The van der Waals surface area contributed by atoms with Crippen LogP contribution in [0.3, 0.4) is 0 Å². The van der Waals surface area contributed by atoms with E-state index in [1.165, 1.54) is 72.6 Å². The number of nitrogens with zero attached hydrogens (tertiary/aromatic N) is 2. The van der Waals surface area contributed by atoms with Gasteiger partial charge in [0.15, 0.2) is 0 Å². The molecule has 0 unspecified atom stereocenters. The minimum absolute atomic E-state index is 0.104. The van der Waals surface area contributed by atoms with Crippen LogP contribution >= 0.6 is 0 Å². The lowest BCUT2D eigenvalue weighted by Gasteiger charge is -2.35. The molecule has 2 aromatic rings. The molecule has 2 fully saturated rings. The molecule has 1 aliphatic carbocycles. The molecule has 0 aromatic heterocycles. The minimum Gasteiger partial charge on any atom is -0.371 e. The van der Waals surface area contributed by atoms with Gasteiger partial charge in [-0.3, -0.25) is 0 Å². The third-order valence-corrected chi connectivity index (χ3v) is 6.09. The number of hydrogen-bond donors (Lipinski definition) is 0. The van der Waals surface area contributed by atoms with E-state index in [-0.39, 0.29) is 5.41 Å². The van der Waals surface area contributed by atoms with E-state index in [1.54, 1.807) is 0 Å². The fraction of sp³-hybridized carbons (Fsp3) is 0.429. The number of fused-ring (bicyclic) bond motifs is 3. The molecule has 0 N–H and O–H groups in total. The minimum atomic E-state index is 0.104. The molecule has 2 saturated heterocycles. The van der Waals surface area contributed by atoms with E-state index in [2.05, 4.69) is 60.0 Å². The van der Waals surface area contributed by atoms with Crippen LogP contribution in [0.15, 0.2) is 36.4 Å². The second kappa shape index (κ2) is 4.53. The normalized spacial score (nSPS) is 20.6. The summed E-state index contributed by atoms with van der Waals surface area (Å²) in [6.07, 6.45) is 2.67. The number of hydrogen-bond acceptors (Lipinski definition) is 2. The van der Waals surface area contributed by atoms with E-state index in [0.29, 0.717) is 0 Å². The van der Waals surface area contributed by atoms with Gasteiger partial charge in [-0.15, -0.1) is 0 Å². The summed E-state index contributed by atoms with van der Waals surface area (Å²) in [5, 5.41) is 0. The Balaban J connectivity index is 1.62. The van der Waals surface area contributed by atoms with Crippen molar-refractivity contribution in [2.75, 3.05) is 36.0 Å². The van der Waals surface area contributed by atoms with E-state index >= 15 is 0 Å². The fourth-order valence-corrected chi connectivity index (χ4v) is 4.26. The maximum absolute atomic E-state index is 2.49. The molecular formula is C21H24N2. The number of benzene rings is 2. The van der Waals surface area contributed by atoms with Gasteiger partial charge in [0.05, 0.1) is 0 Å². The second-order valence-corrected chi connectivity index (χ2v) is 7.77. The van der Waals surface area contributed by atoms with Crippen LogP contribution in [-0.4, -0.2) is 26.2 Å². The summed E-state index contributed by atoms with van der Waals surface area (Å²) >= 11 is 0. The molecule has 2 heterocycles. The Morgan fingerprint density at radius 2 is 1.13 bits per heavy atom. The lowest BCUT2D eigenvalue weighted by Crippen LogP contribution is -2.37. The van der Waals surface area contributed by atoms with Crippen molar-refractivity contribution < 1.29 is 0 Å². The zero-order valence-electron chi connectivity index (χ0n) is 14.1. The van der Waals surface area contributed by atoms with Crippen LogP contribution in [0.2, 0.25) is 0 Å². The third-order valence-electron chi connectivity index (χ3n) is 6.09. The first-order valence-electron chi connectivity index (χ1n) is 8.94. The molecule has 0 amide bonds. The van der Waals surface area contributed by atoms with Crippen LogP contribution in [0, 0.1) is 0 Å². The molecular weight excluding hydrogens is 280 g/mol. The smallest absolute Gasteiger partial charge is 0.0369 e. The van der Waals surface area contributed by atoms with Crippen LogP contribution in [-0.2, 0) is 5.41 Å². The number of anilines is 2. The molecule has 2 aromatic carbocycles. The van der Waals surface area contributed by atoms with E-state index < -0.39 is 0 Å². The Kier molecular flexibility index (Phi) is 2.66. The van der Waals surface area contributed by atoms with E-state index in [1.807, 2.05) is 0 Å². The monoisotopic (exact) mass is 304 g/mol. The molecule has 0 radical (unpaired) electrons. The van der Waals surface area contributed by atoms with Crippen LogP contribution in [0.1, 0.15) is 37.8 Å². The Morgan fingerprint density at radius 1 is 0.696 bits per heavy atom. The average Bonchev–Trinajstić information content (AvgIpc) is 2.64. The van der Waals surface area contributed by atoms with Gasteiger partial charge in [-0.25, -0.2) is 0 Å². The summed E-state index contributed by atoms with van der Waals surface area (Å²) in [5.74, 6) is 0. The van der Waals surface area contributed by atoms with Crippen molar-refractivity contribution in [2.24, 2.45) is 0 Å². The summed E-state index contributed by atoms with van der Waals surface area (Å²) in [7, 11) is 0. The maximum atomic E-state index is 2.49. The average molecular weight is 304 g/mol. The molecule has 2 aliphatic heterocycles. The lowest BCUT2D eigenvalue weighted by atomic mass is 9.82. The summed E-state index contributed by atoms with van der Waals surface area (Å²) < 4.78 is 0. The highest BCUT2D eigenvalue weighted by Crippen LogP contribution is 2.50. The molecule has 0 spiro atoms. The maximum Gasteiger partial charge on any atom is 0.0369 e. The topological polar surface area (TPSA) is 6.48 Å². The predicted molar refractivity (Wildman–Crippen MR) is 97.7 cm³/mol. The van der Waals surface area contributed by atoms with Gasteiger partial charge in [0.1, 0.15) is 0 Å². The third kappa shape index (κ3) is 1.81. The number of rotatable bonds is 2. The highest BCUT2D eigenvalue weighted by molar-refractivity contribution is 5.84. The van der Waals surface area contributed by atoms with Gasteiger partial charge in [-0.1, -0.05) is 26.0 Å². The van der Waals surface area contributed by atoms with Crippen LogP contribution in [0.25, 0.3) is 11.1 Å². The van der Waals surface area contributed by atoms with Crippen molar-refractivity contribution in [3.05, 3.63) is 47.5 Å². The highest BCUT2D eigenvalue weighted by atomic mass is 15.2. The molecule has 0 bridgehead atoms. The van der Waals surface area contributed by atoms with E-state index in [4.69, 9.17) is 0 Å². The fourth-order valence-electron chi connectivity index (χ4n) is 4.26. The first kappa shape index (κ1) is 13.5. The van der Waals surface area contributed by atoms with Gasteiger partial charge < -0.3 is 9.80 Å². The molecule has 0 saturated carbocycles. The van der Waals surface area contributed by atoms with Gasteiger partial charge in [0, 0.05) is 43.0 Å². The van der Waals surface area contributed by atoms with Gasteiger partial charge in [0.25, 0.3) is 0 Å². The Labute approximate surface area is 138 Å². The van der Waals surface area contributed by atoms with E-state index in [9.17, 15) is 0 Å². The van der Waals surface area contributed by atoms with Crippen LogP contribution in [0.4, 0.5) is 11.4 Å². The van der Waals surface area contributed by atoms with Crippen molar-refractivity contribution >= 4 is 11.4 Å². The van der Waals surface area contributed by atoms with Crippen molar-refractivity contribution in [1.82, 2.24) is 0 Å². The van der Waals surface area contributed by atoms with E-state index in [0.717, 1.165) is 0 Å². The van der Waals surface area contributed by atoms with Crippen molar-refractivity contribution in [1.29, 1.82) is 0 Å². The Bertz CT molecular complexity index is 717. The van der Waals surface area contributed by atoms with Crippen molar-refractivity contribution in [3.8, 4) is 11.1 Å². The quantitative estimate of drug-likeness (QED) is 0.810. The molecule has 5 rings (SSSR count). The SMILES string of the molecule is CC1(C)c2cc(N3CCC3)ccc2-c2ccc(N3CCC3)cc21. The first-order chi connectivity index (χ1) is 11.1. The molecule has 3 aliphatic rings. The van der Waals surface area contributed by atoms with Crippen molar-refractivity contribution in [3.63, 3.8) is 0 Å². The van der Waals surface area contributed by atoms with Crippen molar-refractivity contribution in [2.45, 2.75) is 32.1 Å². The highest BCUT2D eigenvalue weighted by Gasteiger charge is 2.36. The molecule has 0 atom stereocenters. The lowest BCUT2D eigenvalue weighted by molar-refractivity contribution is 0.611. The summed E-state index contributed by atoms with van der Waals surface area (Å²) in [6.45, 7) is 9.63. The molecule has 2 heteroatoms. The van der Waals surface area contributed by atoms with Gasteiger partial charge in [-0.05, 0) is 59.4 Å². The Hall–Kier alpha value is -1.96. The molecule has 23 heavy (non-hydrogen) atoms. The first-order valence-corrected chi connectivity index (χ1v) is 8.94. The van der Waals surface area contributed by atoms with Gasteiger partial charge >= 0.3 is 0 Å². The standard InChI is InChI=1S/C21H24N2/c1-21(2)19-13-15(22-9-3-10-22)5-7-17(19)18-8-6-16(14-20(18)21)23-11-4-12-23/h5-8,13-14H,3-4,9-12H2,1-2H3. The largest absolute Gasteiger partial charge is 0.371 e. The zero-order chi connectivity index (χ0) is 15.6. The molecule has 118 valence electrons. The predicted octanol–water partition coefficient (Wildman–Crippen LogP) is 4.41. The van der Waals surface area contributed by atoms with Gasteiger partial charge in [-0.2, -0.15) is 0 Å². The Morgan fingerprint density at radius 3 is 1.48 bits per heavy atom. The van der Waals surface area contributed by atoms with Gasteiger partial charge in [0.2, 0.25) is 0 Å². The van der Waals surface area contributed by atoms with Crippen LogP contribution < -0.4 is 9.80 Å². The summed E-state index contributed by atoms with van der Waals surface area (Å²) in [4.78, 5) is 4.98. The molecule has 2 nitrogen and oxygen atoms in total. The summed E-state index contributed by atoms with van der Waals surface area (Å²) in [5.41, 5.74) is 8.77. The van der Waals surface area contributed by atoms with Crippen LogP contribution in [0.5, 0.6) is 0 Å². The second-order valence-electron chi connectivity index (χ2n) is 7.77. The summed E-state index contributed by atoms with van der Waals surface area (Å²) in [6, 6.07) is 14.2.